The molecule has 1 aromatic carbocycles. The molecule has 0 aliphatic rings. The van der Waals surface area contributed by atoms with Crippen molar-refractivity contribution in [2.24, 2.45) is 0 Å². The van der Waals surface area contributed by atoms with E-state index < -0.39 is 11.8 Å². The molecule has 0 spiro atoms. The molecule has 2 aromatic rings. The summed E-state index contributed by atoms with van der Waals surface area (Å²) in [5.74, 6) is 0.335. The summed E-state index contributed by atoms with van der Waals surface area (Å²) in [6.45, 7) is 0.387. The number of hydroxylamine groups is 1. The highest BCUT2D eigenvalue weighted by Gasteiger charge is 2.13. The smallest absolute Gasteiger partial charge is 0.307 e. The van der Waals surface area contributed by atoms with Crippen LogP contribution in [0.1, 0.15) is 29.9 Å². The maximum Gasteiger partial charge on any atom is 0.307 e. The van der Waals surface area contributed by atoms with Gasteiger partial charge in [-0.1, -0.05) is 0 Å². The first-order valence-corrected chi connectivity index (χ1v) is 7.45. The molecule has 1 aromatic heterocycles. The third-order valence-electron chi connectivity index (χ3n) is 3.32. The van der Waals surface area contributed by atoms with Gasteiger partial charge < -0.3 is 14.5 Å². The largest absolute Gasteiger partial charge is 0.497 e. The predicted octanol–water partition coefficient (Wildman–Crippen LogP) is 1.76. The fraction of sp³-hybridized carbons (Fsp3) is 0.312. The number of amides is 2. The van der Waals surface area contributed by atoms with Gasteiger partial charge in [-0.2, -0.15) is 0 Å². The maximum absolute atomic E-state index is 11.9. The molecule has 0 bridgehead atoms. The van der Waals surface area contributed by atoms with Gasteiger partial charge in [-0.05, 0) is 37.1 Å². The summed E-state index contributed by atoms with van der Waals surface area (Å²) in [4.78, 5) is 26.7. The van der Waals surface area contributed by atoms with Crippen molar-refractivity contribution in [3.63, 3.8) is 0 Å². The number of nitrogens with zero attached hydrogens (tertiary/aromatic N) is 1. The summed E-state index contributed by atoms with van der Waals surface area (Å²) < 4.78 is 10.5. The number of carbonyl (C=O) groups is 2. The van der Waals surface area contributed by atoms with E-state index in [0.717, 1.165) is 11.3 Å². The Bertz CT molecular complexity index is 681. The lowest BCUT2D eigenvalue weighted by Crippen LogP contribution is -2.25. The minimum absolute atomic E-state index is 0.0195. The van der Waals surface area contributed by atoms with Crippen LogP contribution in [-0.4, -0.2) is 35.7 Å². The molecule has 2 amide bonds. The topological polar surface area (TPSA) is 114 Å². The number of unbranched alkanes of at least 4 members (excludes halogenated alkanes) is 1. The summed E-state index contributed by atoms with van der Waals surface area (Å²) in [5, 5.41) is 11.0. The van der Waals surface area contributed by atoms with E-state index in [2.05, 4.69) is 10.3 Å². The molecule has 0 atom stereocenters. The molecule has 8 nitrogen and oxygen atoms in total. The normalized spacial score (nSPS) is 10.2. The van der Waals surface area contributed by atoms with Crippen molar-refractivity contribution in [2.75, 3.05) is 13.7 Å². The fourth-order valence-electron chi connectivity index (χ4n) is 2.01. The second-order valence-corrected chi connectivity index (χ2v) is 5.01. The average molecular weight is 333 g/mol. The quantitative estimate of drug-likeness (QED) is 0.385. The van der Waals surface area contributed by atoms with Gasteiger partial charge in [0, 0.05) is 18.5 Å². The number of carbonyl (C=O) groups excluding carboxylic acids is 2. The summed E-state index contributed by atoms with van der Waals surface area (Å²) >= 11 is 0. The number of nitrogens with one attached hydrogen (secondary N) is 2. The van der Waals surface area contributed by atoms with Crippen LogP contribution in [0, 0.1) is 0 Å². The molecule has 3 N–H and O–H groups in total. The third-order valence-corrected chi connectivity index (χ3v) is 3.32. The van der Waals surface area contributed by atoms with Crippen molar-refractivity contribution in [1.82, 2.24) is 15.8 Å². The molecule has 0 fully saturated rings. The zero-order valence-corrected chi connectivity index (χ0v) is 13.2. The van der Waals surface area contributed by atoms with Crippen LogP contribution in [0.5, 0.6) is 5.75 Å². The Labute approximate surface area is 138 Å². The fourth-order valence-corrected chi connectivity index (χ4v) is 2.01. The molecule has 0 aliphatic carbocycles. The highest BCUT2D eigenvalue weighted by Crippen LogP contribution is 2.23. The molecule has 8 heteroatoms. The lowest BCUT2D eigenvalue weighted by molar-refractivity contribution is -0.129. The zero-order chi connectivity index (χ0) is 17.4. The number of ether oxygens (including phenoxy) is 1. The average Bonchev–Trinajstić information content (AvgIpc) is 3.11. The van der Waals surface area contributed by atoms with Crippen molar-refractivity contribution in [2.45, 2.75) is 19.3 Å². The van der Waals surface area contributed by atoms with E-state index in [1.165, 1.54) is 6.20 Å². The Hall–Kier alpha value is -2.87. The van der Waals surface area contributed by atoms with Crippen LogP contribution in [0.3, 0.4) is 0 Å². The van der Waals surface area contributed by atoms with Gasteiger partial charge in [-0.15, -0.1) is 0 Å². The van der Waals surface area contributed by atoms with Crippen LogP contribution in [0.4, 0.5) is 0 Å². The molecule has 0 radical (unpaired) electrons. The minimum Gasteiger partial charge on any atom is -0.497 e. The van der Waals surface area contributed by atoms with E-state index in [1.807, 2.05) is 12.1 Å². The van der Waals surface area contributed by atoms with Crippen molar-refractivity contribution in [1.29, 1.82) is 0 Å². The standard InChI is InChI=1S/C16H19N3O5/c1-23-12-7-5-11(6-8-12)13-10-18-16(24-13)15(21)17-9-3-2-4-14(20)19-22/h5-8,10,22H,2-4,9H2,1H3,(H,17,21)(H,19,20). The number of oxazole rings is 1. The van der Waals surface area contributed by atoms with E-state index >= 15 is 0 Å². The van der Waals surface area contributed by atoms with Gasteiger partial charge in [0.2, 0.25) is 5.91 Å². The summed E-state index contributed by atoms with van der Waals surface area (Å²) in [6.07, 6.45) is 2.84. The second kappa shape index (κ2) is 8.68. The van der Waals surface area contributed by atoms with E-state index in [1.54, 1.807) is 24.7 Å². The molecule has 2 rings (SSSR count). The SMILES string of the molecule is COc1ccc(-c2cnc(C(=O)NCCCCC(=O)NO)o2)cc1. The molecular formula is C16H19N3O5. The molecule has 128 valence electrons. The highest BCUT2D eigenvalue weighted by atomic mass is 16.5. The lowest BCUT2D eigenvalue weighted by Gasteiger charge is -2.02. The van der Waals surface area contributed by atoms with E-state index in [9.17, 15) is 9.59 Å². The van der Waals surface area contributed by atoms with E-state index in [-0.39, 0.29) is 12.3 Å². The molecule has 0 saturated heterocycles. The van der Waals surface area contributed by atoms with E-state index in [0.29, 0.717) is 25.1 Å². The van der Waals surface area contributed by atoms with Crippen molar-refractivity contribution >= 4 is 11.8 Å². The van der Waals surface area contributed by atoms with E-state index in [4.69, 9.17) is 14.4 Å². The Morgan fingerprint density at radius 2 is 2.00 bits per heavy atom. The van der Waals surface area contributed by atoms with Crippen LogP contribution in [0.15, 0.2) is 34.9 Å². The van der Waals surface area contributed by atoms with Crippen LogP contribution in [0.25, 0.3) is 11.3 Å². The van der Waals surface area contributed by atoms with Gasteiger partial charge in [0.15, 0.2) is 5.76 Å². The predicted molar refractivity (Wildman–Crippen MR) is 84.6 cm³/mol. The highest BCUT2D eigenvalue weighted by molar-refractivity contribution is 5.89. The Kier molecular flexibility index (Phi) is 6.32. The van der Waals surface area contributed by atoms with Crippen LogP contribution in [0.2, 0.25) is 0 Å². The van der Waals surface area contributed by atoms with Gasteiger partial charge >= 0.3 is 5.91 Å². The third kappa shape index (κ3) is 4.82. The summed E-state index contributed by atoms with van der Waals surface area (Å²) in [5.41, 5.74) is 2.35. The van der Waals surface area contributed by atoms with Gasteiger partial charge in [0.05, 0.1) is 13.3 Å². The zero-order valence-electron chi connectivity index (χ0n) is 13.2. The van der Waals surface area contributed by atoms with Crippen LogP contribution < -0.4 is 15.5 Å². The maximum atomic E-state index is 11.9. The van der Waals surface area contributed by atoms with Gasteiger partial charge in [0.1, 0.15) is 5.75 Å². The number of aromatic nitrogens is 1. The first-order valence-electron chi connectivity index (χ1n) is 7.45. The first kappa shape index (κ1) is 17.5. The Morgan fingerprint density at radius 3 is 2.67 bits per heavy atom. The molecule has 0 saturated carbocycles. The second-order valence-electron chi connectivity index (χ2n) is 5.01. The van der Waals surface area contributed by atoms with Gasteiger partial charge in [0.25, 0.3) is 5.89 Å². The number of methoxy groups -OCH3 is 1. The number of hydrogen-bond acceptors (Lipinski definition) is 6. The molecule has 0 unspecified atom stereocenters. The van der Waals surface area contributed by atoms with Gasteiger partial charge in [-0.3, -0.25) is 14.8 Å². The lowest BCUT2D eigenvalue weighted by atomic mass is 10.2. The van der Waals surface area contributed by atoms with Crippen molar-refractivity contribution < 1.29 is 24.0 Å². The molecule has 24 heavy (non-hydrogen) atoms. The molecule has 1 heterocycles. The monoisotopic (exact) mass is 333 g/mol. The number of rotatable bonds is 8. The van der Waals surface area contributed by atoms with Crippen LogP contribution >= 0.6 is 0 Å². The molecular weight excluding hydrogens is 314 g/mol. The van der Waals surface area contributed by atoms with Crippen molar-refractivity contribution in [3.8, 4) is 17.1 Å². The van der Waals surface area contributed by atoms with Crippen LogP contribution in [-0.2, 0) is 4.79 Å². The minimum atomic E-state index is -0.446. The Balaban J connectivity index is 1.83. The molecule has 0 aliphatic heterocycles. The first-order chi connectivity index (χ1) is 11.6. The Morgan fingerprint density at radius 1 is 1.25 bits per heavy atom. The van der Waals surface area contributed by atoms with Gasteiger partial charge in [-0.25, -0.2) is 10.5 Å². The summed E-state index contributed by atoms with van der Waals surface area (Å²) in [6, 6.07) is 7.21. The summed E-state index contributed by atoms with van der Waals surface area (Å²) in [7, 11) is 1.59. The van der Waals surface area contributed by atoms with Crippen molar-refractivity contribution in [3.05, 3.63) is 36.4 Å². The number of hydrogen-bond donors (Lipinski definition) is 3. The number of benzene rings is 1.